The molecule has 0 saturated heterocycles. The van der Waals surface area contributed by atoms with Gasteiger partial charge in [-0.3, -0.25) is 0 Å². The number of unbranched alkanes of at least 4 members (excludes halogenated alkanes) is 3. The summed E-state index contributed by atoms with van der Waals surface area (Å²) in [6, 6.07) is 10.5. The normalized spacial score (nSPS) is 17.0. The number of ether oxygens (including phenoxy) is 1. The molecule has 34 heavy (non-hydrogen) atoms. The summed E-state index contributed by atoms with van der Waals surface area (Å²) in [5.41, 5.74) is 2.96. The number of carbonyl (C=O) groups is 1. The van der Waals surface area contributed by atoms with Crippen molar-refractivity contribution < 1.29 is 23.1 Å². The Balaban J connectivity index is 2.14. The zero-order valence-electron chi connectivity index (χ0n) is 20.7. The fraction of sp³-hybridized carbons (Fsp3) is 0.464. The van der Waals surface area contributed by atoms with Gasteiger partial charge in [-0.25, -0.2) is 13.2 Å². The average molecular weight is 485 g/mol. The molecule has 0 aromatic heterocycles. The minimum Gasteiger partial charge on any atom is -0.493 e. The summed E-state index contributed by atoms with van der Waals surface area (Å²) >= 11 is 0. The molecule has 0 saturated carbocycles. The maximum atomic E-state index is 13.1. The Labute approximate surface area is 203 Å². The molecule has 184 valence electrons. The number of aromatic carboxylic acids is 1. The van der Waals surface area contributed by atoms with Gasteiger partial charge in [-0.1, -0.05) is 64.3 Å². The Bertz CT molecular complexity index is 1180. The van der Waals surface area contributed by atoms with E-state index in [0.29, 0.717) is 29.2 Å². The number of carboxylic acids is 1. The molecule has 0 bridgehead atoms. The van der Waals surface area contributed by atoms with Crippen molar-refractivity contribution in [2.24, 2.45) is 0 Å². The smallest absolute Gasteiger partial charge is 0.336 e. The number of fused-ring (bicyclic) bond motifs is 1. The molecule has 6 heteroatoms. The highest BCUT2D eigenvalue weighted by Gasteiger charge is 2.34. The predicted octanol–water partition coefficient (Wildman–Crippen LogP) is 6.75. The van der Waals surface area contributed by atoms with Crippen molar-refractivity contribution in [3.8, 4) is 5.75 Å². The van der Waals surface area contributed by atoms with Gasteiger partial charge < -0.3 is 9.84 Å². The SMILES string of the molecule is CCCCCCOc1cc2c(cc1C(C)=Cc1ccccc1C(=O)O)C(C)(C)CCCS2(=O)=O. The zero-order chi connectivity index (χ0) is 24.9. The second-order valence-electron chi connectivity index (χ2n) is 9.78. The summed E-state index contributed by atoms with van der Waals surface area (Å²) in [5.74, 6) is -0.307. The summed E-state index contributed by atoms with van der Waals surface area (Å²) in [6.45, 7) is 8.75. The standard InChI is InChI=1S/C28H36O5S/c1-5-6-7-10-15-33-25-19-26-24(28(3,4)14-11-16-34(26,31)32)18-23(25)20(2)17-21-12-8-9-13-22(21)27(29)30/h8-9,12-13,17-19H,5-7,10-11,14-16H2,1-4H3,(H,29,30). The molecule has 1 N–H and O–H groups in total. The molecule has 0 atom stereocenters. The Kier molecular flexibility index (Phi) is 8.24. The first-order valence-electron chi connectivity index (χ1n) is 12.1. The lowest BCUT2D eigenvalue weighted by Gasteiger charge is -2.26. The average Bonchev–Trinajstić information content (AvgIpc) is 2.86. The van der Waals surface area contributed by atoms with Crippen LogP contribution in [0.3, 0.4) is 0 Å². The molecule has 2 aromatic carbocycles. The molecule has 0 aliphatic carbocycles. The molecule has 0 radical (unpaired) electrons. The van der Waals surface area contributed by atoms with Gasteiger partial charge in [-0.2, -0.15) is 0 Å². The molecule has 1 aliphatic heterocycles. The van der Waals surface area contributed by atoms with E-state index >= 15 is 0 Å². The molecule has 3 rings (SSSR count). The maximum absolute atomic E-state index is 13.1. The van der Waals surface area contributed by atoms with E-state index in [2.05, 4.69) is 20.8 Å². The predicted molar refractivity (Wildman–Crippen MR) is 137 cm³/mol. The van der Waals surface area contributed by atoms with Crippen LogP contribution in [0.5, 0.6) is 5.75 Å². The van der Waals surface area contributed by atoms with Crippen LogP contribution in [0, 0.1) is 0 Å². The molecule has 1 aliphatic rings. The molecule has 0 fully saturated rings. The third-order valence-corrected chi connectivity index (χ3v) is 8.44. The molecule has 2 aromatic rings. The summed E-state index contributed by atoms with van der Waals surface area (Å²) < 4.78 is 32.4. The van der Waals surface area contributed by atoms with E-state index < -0.39 is 15.8 Å². The second-order valence-corrected chi connectivity index (χ2v) is 11.9. The van der Waals surface area contributed by atoms with Crippen LogP contribution in [0.2, 0.25) is 0 Å². The van der Waals surface area contributed by atoms with Gasteiger partial charge in [0.25, 0.3) is 0 Å². The molecule has 5 nitrogen and oxygen atoms in total. The van der Waals surface area contributed by atoms with Gasteiger partial charge in [0, 0.05) is 5.56 Å². The lowest BCUT2D eigenvalue weighted by atomic mass is 9.79. The van der Waals surface area contributed by atoms with E-state index in [1.54, 1.807) is 24.3 Å². The summed E-state index contributed by atoms with van der Waals surface area (Å²) in [7, 11) is -3.41. The van der Waals surface area contributed by atoms with Crippen LogP contribution < -0.4 is 4.74 Å². The van der Waals surface area contributed by atoms with E-state index in [1.807, 2.05) is 25.1 Å². The number of allylic oxidation sites excluding steroid dienone is 1. The summed E-state index contributed by atoms with van der Waals surface area (Å²) in [5, 5.41) is 9.59. The van der Waals surface area contributed by atoms with Crippen molar-refractivity contribution in [3.63, 3.8) is 0 Å². The van der Waals surface area contributed by atoms with Crippen LogP contribution >= 0.6 is 0 Å². The molecule has 0 amide bonds. The lowest BCUT2D eigenvalue weighted by Crippen LogP contribution is -2.18. The highest BCUT2D eigenvalue weighted by atomic mass is 32.2. The number of hydrogen-bond donors (Lipinski definition) is 1. The highest BCUT2D eigenvalue weighted by molar-refractivity contribution is 7.91. The summed E-state index contributed by atoms with van der Waals surface area (Å²) in [6.07, 6.45) is 7.45. The van der Waals surface area contributed by atoms with Crippen LogP contribution in [-0.4, -0.2) is 31.9 Å². The Hall–Kier alpha value is -2.60. The monoisotopic (exact) mass is 484 g/mol. The van der Waals surface area contributed by atoms with Gasteiger partial charge >= 0.3 is 5.97 Å². The number of benzene rings is 2. The van der Waals surface area contributed by atoms with Gasteiger partial charge in [0.05, 0.1) is 22.8 Å². The number of carboxylic acid groups (broad SMARTS) is 1. The van der Waals surface area contributed by atoms with Gasteiger partial charge in [-0.15, -0.1) is 0 Å². The molecular formula is C28H36O5S. The zero-order valence-corrected chi connectivity index (χ0v) is 21.5. The van der Waals surface area contributed by atoms with Crippen LogP contribution in [0.15, 0.2) is 41.3 Å². The largest absolute Gasteiger partial charge is 0.493 e. The van der Waals surface area contributed by atoms with E-state index in [-0.39, 0.29) is 16.7 Å². The Morgan fingerprint density at radius 3 is 2.56 bits per heavy atom. The van der Waals surface area contributed by atoms with Crippen LogP contribution in [0.25, 0.3) is 11.6 Å². The fourth-order valence-corrected chi connectivity index (χ4v) is 6.26. The van der Waals surface area contributed by atoms with Crippen LogP contribution in [-0.2, 0) is 15.3 Å². The number of hydrogen-bond acceptors (Lipinski definition) is 4. The minimum atomic E-state index is -3.41. The number of rotatable bonds is 9. The van der Waals surface area contributed by atoms with E-state index in [1.165, 1.54) is 0 Å². The van der Waals surface area contributed by atoms with Crippen LogP contribution in [0.4, 0.5) is 0 Å². The van der Waals surface area contributed by atoms with Crippen molar-refractivity contribution in [2.75, 3.05) is 12.4 Å². The molecule has 1 heterocycles. The van der Waals surface area contributed by atoms with Crippen molar-refractivity contribution >= 4 is 27.5 Å². The Morgan fingerprint density at radius 1 is 1.12 bits per heavy atom. The Morgan fingerprint density at radius 2 is 1.85 bits per heavy atom. The van der Waals surface area contributed by atoms with Crippen molar-refractivity contribution in [3.05, 3.63) is 58.7 Å². The van der Waals surface area contributed by atoms with Gasteiger partial charge in [0.2, 0.25) is 0 Å². The molecular weight excluding hydrogens is 448 g/mol. The van der Waals surface area contributed by atoms with Gasteiger partial charge in [0.15, 0.2) is 9.84 Å². The first-order valence-corrected chi connectivity index (χ1v) is 13.8. The van der Waals surface area contributed by atoms with Crippen molar-refractivity contribution in [2.45, 2.75) is 76.5 Å². The van der Waals surface area contributed by atoms with Gasteiger partial charge in [0.1, 0.15) is 5.75 Å². The van der Waals surface area contributed by atoms with E-state index in [4.69, 9.17) is 4.74 Å². The summed E-state index contributed by atoms with van der Waals surface area (Å²) in [4.78, 5) is 12.1. The lowest BCUT2D eigenvalue weighted by molar-refractivity contribution is 0.0696. The number of sulfone groups is 1. The quantitative estimate of drug-likeness (QED) is 0.314. The topological polar surface area (TPSA) is 80.7 Å². The minimum absolute atomic E-state index is 0.138. The molecule has 0 spiro atoms. The first kappa shape index (κ1) is 26.0. The second kappa shape index (κ2) is 10.8. The van der Waals surface area contributed by atoms with Crippen molar-refractivity contribution in [1.82, 2.24) is 0 Å². The molecule has 0 unspecified atom stereocenters. The third-order valence-electron chi connectivity index (χ3n) is 6.60. The highest BCUT2D eigenvalue weighted by Crippen LogP contribution is 2.42. The van der Waals surface area contributed by atoms with Crippen molar-refractivity contribution in [1.29, 1.82) is 0 Å². The van der Waals surface area contributed by atoms with E-state index in [0.717, 1.165) is 48.8 Å². The first-order chi connectivity index (χ1) is 16.1. The third kappa shape index (κ3) is 5.90. The van der Waals surface area contributed by atoms with Crippen LogP contribution in [0.1, 0.15) is 93.3 Å². The van der Waals surface area contributed by atoms with E-state index in [9.17, 15) is 18.3 Å². The maximum Gasteiger partial charge on any atom is 0.336 e. The van der Waals surface area contributed by atoms with Gasteiger partial charge in [-0.05, 0) is 66.5 Å². The fourth-order valence-electron chi connectivity index (χ4n) is 4.56.